The summed E-state index contributed by atoms with van der Waals surface area (Å²) in [5.41, 5.74) is 1.58. The van der Waals surface area contributed by atoms with Crippen molar-refractivity contribution in [3.05, 3.63) is 60.5 Å². The summed E-state index contributed by atoms with van der Waals surface area (Å²) in [6.45, 7) is 0.228. The smallest absolute Gasteiger partial charge is 0.231 e. The molecule has 2 heterocycles. The summed E-state index contributed by atoms with van der Waals surface area (Å²) < 4.78 is 23.6. The highest BCUT2D eigenvalue weighted by molar-refractivity contribution is 5.64. The van der Waals surface area contributed by atoms with Gasteiger partial charge >= 0.3 is 0 Å². The first-order valence-electron chi connectivity index (χ1n) is 7.04. The molecule has 2 aromatic carbocycles. The van der Waals surface area contributed by atoms with E-state index in [0.717, 1.165) is 11.3 Å². The zero-order valence-corrected chi connectivity index (χ0v) is 12.0. The van der Waals surface area contributed by atoms with Gasteiger partial charge in [-0.2, -0.15) is 0 Å². The molecule has 1 aliphatic heterocycles. The number of aromatic nitrogens is 2. The summed E-state index contributed by atoms with van der Waals surface area (Å²) in [7, 11) is 0. The van der Waals surface area contributed by atoms with E-state index in [-0.39, 0.29) is 12.6 Å². The minimum Gasteiger partial charge on any atom is -0.454 e. The van der Waals surface area contributed by atoms with E-state index in [9.17, 15) is 4.39 Å². The van der Waals surface area contributed by atoms with Crippen LogP contribution in [0, 0.1) is 5.82 Å². The van der Waals surface area contributed by atoms with Gasteiger partial charge in [0.1, 0.15) is 11.6 Å². The van der Waals surface area contributed by atoms with Gasteiger partial charge in [0.15, 0.2) is 17.3 Å². The van der Waals surface area contributed by atoms with Gasteiger partial charge in [-0.05, 0) is 48.5 Å². The molecule has 1 aliphatic rings. The first kappa shape index (κ1) is 13.5. The highest BCUT2D eigenvalue weighted by atomic mass is 19.1. The van der Waals surface area contributed by atoms with Crippen molar-refractivity contribution in [3.63, 3.8) is 0 Å². The summed E-state index contributed by atoms with van der Waals surface area (Å²) >= 11 is 0. The van der Waals surface area contributed by atoms with Crippen molar-refractivity contribution in [2.45, 2.75) is 0 Å². The van der Waals surface area contributed by atoms with Gasteiger partial charge in [0, 0.05) is 17.4 Å². The van der Waals surface area contributed by atoms with Crippen molar-refractivity contribution in [2.75, 3.05) is 12.1 Å². The van der Waals surface area contributed by atoms with E-state index >= 15 is 0 Å². The average molecular weight is 309 g/mol. The number of ether oxygens (including phenoxy) is 2. The second-order valence-corrected chi connectivity index (χ2v) is 4.97. The van der Waals surface area contributed by atoms with Gasteiger partial charge in [0.05, 0.1) is 0 Å². The Bertz CT molecular complexity index is 853. The molecule has 0 radical (unpaired) electrons. The molecule has 114 valence electrons. The van der Waals surface area contributed by atoms with Gasteiger partial charge in [-0.1, -0.05) is 0 Å². The minimum absolute atomic E-state index is 0.228. The van der Waals surface area contributed by atoms with Crippen LogP contribution in [0.5, 0.6) is 11.5 Å². The normalized spacial score (nSPS) is 12.2. The van der Waals surface area contributed by atoms with Gasteiger partial charge in [-0.15, -0.1) is 0 Å². The molecule has 0 amide bonds. The number of hydrogen-bond donors (Lipinski definition) is 1. The van der Waals surface area contributed by atoms with E-state index in [4.69, 9.17) is 9.47 Å². The predicted molar refractivity (Wildman–Crippen MR) is 83.3 cm³/mol. The lowest BCUT2D eigenvalue weighted by molar-refractivity contribution is 0.174. The molecule has 0 aliphatic carbocycles. The third-order valence-electron chi connectivity index (χ3n) is 3.40. The molecule has 3 aromatic rings. The summed E-state index contributed by atoms with van der Waals surface area (Å²) in [4.78, 5) is 8.76. The van der Waals surface area contributed by atoms with E-state index in [2.05, 4.69) is 15.3 Å². The molecular weight excluding hydrogens is 297 g/mol. The van der Waals surface area contributed by atoms with Crippen LogP contribution < -0.4 is 14.8 Å². The lowest BCUT2D eigenvalue weighted by atomic mass is 10.2. The fourth-order valence-electron chi connectivity index (χ4n) is 2.28. The highest BCUT2D eigenvalue weighted by Gasteiger charge is 2.15. The van der Waals surface area contributed by atoms with Crippen LogP contribution in [0.4, 0.5) is 15.9 Å². The molecule has 23 heavy (non-hydrogen) atoms. The van der Waals surface area contributed by atoms with Gasteiger partial charge in [0.25, 0.3) is 0 Å². The quantitative estimate of drug-likeness (QED) is 0.798. The van der Waals surface area contributed by atoms with Crippen LogP contribution in [0.25, 0.3) is 11.4 Å². The SMILES string of the molecule is Fc1ccc(Nc2ccnc(-c3ccc4c(c3)OCO4)n2)cc1. The van der Waals surface area contributed by atoms with E-state index < -0.39 is 0 Å². The third kappa shape index (κ3) is 2.78. The van der Waals surface area contributed by atoms with Crippen LogP contribution in [0.2, 0.25) is 0 Å². The second kappa shape index (κ2) is 5.57. The van der Waals surface area contributed by atoms with Crippen LogP contribution in [-0.2, 0) is 0 Å². The van der Waals surface area contributed by atoms with E-state index in [1.807, 2.05) is 18.2 Å². The third-order valence-corrected chi connectivity index (χ3v) is 3.40. The molecule has 0 atom stereocenters. The summed E-state index contributed by atoms with van der Waals surface area (Å²) in [5.74, 6) is 2.31. The van der Waals surface area contributed by atoms with E-state index in [1.54, 1.807) is 24.4 Å². The van der Waals surface area contributed by atoms with E-state index in [0.29, 0.717) is 23.1 Å². The lowest BCUT2D eigenvalue weighted by Crippen LogP contribution is -1.97. The van der Waals surface area contributed by atoms with Crippen LogP contribution >= 0.6 is 0 Å². The minimum atomic E-state index is -0.278. The fraction of sp³-hybridized carbons (Fsp3) is 0.0588. The highest BCUT2D eigenvalue weighted by Crippen LogP contribution is 2.35. The van der Waals surface area contributed by atoms with Crippen LogP contribution in [0.1, 0.15) is 0 Å². The molecule has 0 fully saturated rings. The molecule has 0 saturated carbocycles. The Labute approximate surface area is 131 Å². The number of benzene rings is 2. The van der Waals surface area contributed by atoms with Crippen LogP contribution in [0.3, 0.4) is 0 Å². The molecule has 0 unspecified atom stereocenters. The van der Waals surface area contributed by atoms with E-state index in [1.165, 1.54) is 12.1 Å². The predicted octanol–water partition coefficient (Wildman–Crippen LogP) is 3.76. The Kier molecular flexibility index (Phi) is 3.27. The zero-order valence-electron chi connectivity index (χ0n) is 12.0. The monoisotopic (exact) mass is 309 g/mol. The Morgan fingerprint density at radius 3 is 2.65 bits per heavy atom. The maximum atomic E-state index is 12.9. The van der Waals surface area contributed by atoms with Crippen molar-refractivity contribution in [1.82, 2.24) is 9.97 Å². The Balaban J connectivity index is 1.62. The molecule has 0 saturated heterocycles. The average Bonchev–Trinajstić information content (AvgIpc) is 3.05. The van der Waals surface area contributed by atoms with Crippen molar-refractivity contribution < 1.29 is 13.9 Å². The maximum absolute atomic E-state index is 12.9. The number of hydrogen-bond acceptors (Lipinski definition) is 5. The number of halogens is 1. The summed E-state index contributed by atoms with van der Waals surface area (Å²) in [5, 5.41) is 3.12. The number of fused-ring (bicyclic) bond motifs is 1. The van der Waals surface area contributed by atoms with Crippen LogP contribution in [-0.4, -0.2) is 16.8 Å². The standard InChI is InChI=1S/C17H12FN3O2/c18-12-2-4-13(5-3-12)20-16-7-8-19-17(21-16)11-1-6-14-15(9-11)23-10-22-14/h1-9H,10H2,(H,19,20,21). The van der Waals surface area contributed by atoms with Crippen molar-refractivity contribution in [3.8, 4) is 22.9 Å². The second-order valence-electron chi connectivity index (χ2n) is 4.97. The summed E-state index contributed by atoms with van der Waals surface area (Å²) in [6, 6.07) is 13.4. The Hall–Kier alpha value is -3.15. The van der Waals surface area contributed by atoms with Crippen molar-refractivity contribution >= 4 is 11.5 Å². The van der Waals surface area contributed by atoms with Gasteiger partial charge in [0.2, 0.25) is 6.79 Å². The Morgan fingerprint density at radius 2 is 1.78 bits per heavy atom. The van der Waals surface area contributed by atoms with Crippen molar-refractivity contribution in [2.24, 2.45) is 0 Å². The lowest BCUT2D eigenvalue weighted by Gasteiger charge is -2.07. The molecule has 6 heteroatoms. The molecule has 0 spiro atoms. The number of nitrogens with one attached hydrogen (secondary N) is 1. The van der Waals surface area contributed by atoms with Gasteiger partial charge < -0.3 is 14.8 Å². The first-order chi connectivity index (χ1) is 11.3. The topological polar surface area (TPSA) is 56.3 Å². The first-order valence-corrected chi connectivity index (χ1v) is 7.04. The molecule has 5 nitrogen and oxygen atoms in total. The number of rotatable bonds is 3. The number of anilines is 2. The van der Waals surface area contributed by atoms with Crippen molar-refractivity contribution in [1.29, 1.82) is 0 Å². The number of nitrogens with zero attached hydrogens (tertiary/aromatic N) is 2. The molecular formula is C17H12FN3O2. The van der Waals surface area contributed by atoms with Gasteiger partial charge in [-0.3, -0.25) is 0 Å². The zero-order chi connectivity index (χ0) is 15.6. The fourth-order valence-corrected chi connectivity index (χ4v) is 2.28. The molecule has 0 bridgehead atoms. The Morgan fingerprint density at radius 1 is 0.957 bits per heavy atom. The molecule has 1 N–H and O–H groups in total. The molecule has 4 rings (SSSR count). The largest absolute Gasteiger partial charge is 0.454 e. The maximum Gasteiger partial charge on any atom is 0.231 e. The van der Waals surface area contributed by atoms with Crippen LogP contribution in [0.15, 0.2) is 54.7 Å². The summed E-state index contributed by atoms with van der Waals surface area (Å²) in [6.07, 6.45) is 1.67. The molecule has 1 aromatic heterocycles. The van der Waals surface area contributed by atoms with Gasteiger partial charge in [-0.25, -0.2) is 14.4 Å².